The van der Waals surface area contributed by atoms with Crippen molar-refractivity contribution >= 4 is 81.5 Å². The van der Waals surface area contributed by atoms with Gasteiger partial charge in [-0.3, -0.25) is 9.59 Å². The third kappa shape index (κ3) is 1.51. The molecule has 24 heavy (non-hydrogen) atoms. The minimum Gasteiger partial charge on any atom is -0.481 e. The van der Waals surface area contributed by atoms with Crippen molar-refractivity contribution in [2.45, 2.75) is 20.5 Å². The van der Waals surface area contributed by atoms with Crippen molar-refractivity contribution in [3.63, 3.8) is 0 Å². The molecular weight excluding hydrogens is 445 g/mol. The van der Waals surface area contributed by atoms with Gasteiger partial charge in [-0.25, -0.2) is 0 Å². The summed E-state index contributed by atoms with van der Waals surface area (Å²) in [6, 6.07) is 0. The van der Waals surface area contributed by atoms with Crippen LogP contribution in [0.25, 0.3) is 0 Å². The van der Waals surface area contributed by atoms with Crippen LogP contribution in [0.3, 0.4) is 0 Å². The summed E-state index contributed by atoms with van der Waals surface area (Å²) in [5.74, 6) is -6.71. The molecule has 0 unspecified atom stereocenters. The third-order valence-electron chi connectivity index (χ3n) is 6.40. The second kappa shape index (κ2) is 4.82. The summed E-state index contributed by atoms with van der Waals surface area (Å²) in [5.41, 5.74) is 0. The second-order valence-electron chi connectivity index (χ2n) is 6.97. The number of hydrogen-bond acceptors (Lipinski definition) is 2. The zero-order valence-corrected chi connectivity index (χ0v) is 16.2. The molecule has 4 bridgehead atoms. The molecule has 0 heterocycles. The summed E-state index contributed by atoms with van der Waals surface area (Å²) >= 11 is 39.1. The smallest absolute Gasteiger partial charge is 0.307 e. The molecule has 4 nitrogen and oxygen atoms in total. The Labute approximate surface area is 167 Å². The Balaban J connectivity index is 1.94. The SMILES string of the molecule is O=C(O)[C@@H]1[C@H]2C[C@@H]([C@@H]1C(=O)O)[C@@H]1[C@H]2[C@@]2(Cl)C(Cl)=C(Cl)[C@@]1(Cl)C2(Cl)Cl. The van der Waals surface area contributed by atoms with Gasteiger partial charge in [0, 0.05) is 0 Å². The maximum atomic E-state index is 11.7. The normalized spacial score (nSPS) is 53.6. The lowest BCUT2D eigenvalue weighted by Gasteiger charge is -2.43. The molecule has 0 aromatic carbocycles. The number of halogens is 6. The van der Waals surface area contributed by atoms with Crippen molar-refractivity contribution < 1.29 is 19.8 Å². The molecule has 132 valence electrons. The van der Waals surface area contributed by atoms with E-state index < -0.39 is 61.5 Å². The first-order chi connectivity index (χ1) is 10.9. The minimum atomic E-state index is -1.76. The number of rotatable bonds is 2. The Morgan fingerprint density at radius 2 is 1.17 bits per heavy atom. The maximum Gasteiger partial charge on any atom is 0.307 e. The lowest BCUT2D eigenvalue weighted by molar-refractivity contribution is -0.158. The van der Waals surface area contributed by atoms with Crippen LogP contribution in [-0.2, 0) is 9.59 Å². The topological polar surface area (TPSA) is 74.6 Å². The van der Waals surface area contributed by atoms with Crippen molar-refractivity contribution in [1.82, 2.24) is 0 Å². The molecule has 0 aromatic rings. The predicted octanol–water partition coefficient (Wildman–Crippen LogP) is 4.12. The van der Waals surface area contributed by atoms with Gasteiger partial charge in [0.25, 0.3) is 0 Å². The van der Waals surface area contributed by atoms with Gasteiger partial charge in [0.2, 0.25) is 0 Å². The summed E-state index contributed by atoms with van der Waals surface area (Å²) in [7, 11) is 0. The van der Waals surface area contributed by atoms with Gasteiger partial charge < -0.3 is 10.2 Å². The molecule has 0 radical (unpaired) electrons. The molecule has 4 aliphatic carbocycles. The predicted molar refractivity (Wildman–Crippen MR) is 91.2 cm³/mol. The fourth-order valence-electron chi connectivity index (χ4n) is 5.74. The standard InChI is InChI=1S/C14H10Cl6O4/c15-8-9(16)13(18)7-3-1-2(4(10(21)22)5(3)11(23)24)6(7)12(8,17)14(13,19)20/h2-7H,1H2,(H,21,22)(H,23,24)/t2-,3+,4-,5+,6+,7-,12-,13-/m1/s1. The molecule has 0 spiro atoms. The van der Waals surface area contributed by atoms with Crippen LogP contribution >= 0.6 is 69.6 Å². The molecule has 10 heteroatoms. The Kier molecular flexibility index (Phi) is 3.58. The summed E-state index contributed by atoms with van der Waals surface area (Å²) in [6.45, 7) is 0. The van der Waals surface area contributed by atoms with Crippen LogP contribution in [0.5, 0.6) is 0 Å². The number of carbonyl (C=O) groups is 2. The Morgan fingerprint density at radius 1 is 0.833 bits per heavy atom. The monoisotopic (exact) mass is 452 g/mol. The molecule has 0 aliphatic heterocycles. The van der Waals surface area contributed by atoms with E-state index in [-0.39, 0.29) is 10.1 Å². The number of aliphatic carboxylic acids is 2. The van der Waals surface area contributed by atoms with Crippen molar-refractivity contribution in [2.75, 3.05) is 0 Å². The van der Waals surface area contributed by atoms with Gasteiger partial charge in [-0.1, -0.05) is 46.4 Å². The molecule has 2 N–H and O–H groups in total. The lowest BCUT2D eigenvalue weighted by atomic mass is 9.64. The van der Waals surface area contributed by atoms with Gasteiger partial charge in [0.1, 0.15) is 9.75 Å². The summed E-state index contributed by atoms with van der Waals surface area (Å²) in [6.07, 6.45) is 0.365. The number of carboxylic acids is 2. The molecule has 0 saturated heterocycles. The van der Waals surface area contributed by atoms with Crippen molar-refractivity contribution in [3.8, 4) is 0 Å². The van der Waals surface area contributed by atoms with E-state index in [9.17, 15) is 19.8 Å². The molecule has 8 atom stereocenters. The van der Waals surface area contributed by atoms with Crippen LogP contribution in [0, 0.1) is 35.5 Å². The van der Waals surface area contributed by atoms with Crippen LogP contribution in [-0.4, -0.2) is 36.2 Å². The number of fused-ring (bicyclic) bond motifs is 9. The molecular formula is C14H10Cl6O4. The van der Waals surface area contributed by atoms with E-state index in [4.69, 9.17) is 69.6 Å². The molecule has 4 aliphatic rings. The number of hydrogen-bond donors (Lipinski definition) is 2. The van der Waals surface area contributed by atoms with Crippen LogP contribution < -0.4 is 0 Å². The highest BCUT2D eigenvalue weighted by Gasteiger charge is 2.88. The molecule has 0 aromatic heterocycles. The van der Waals surface area contributed by atoms with E-state index in [1.54, 1.807) is 0 Å². The van der Waals surface area contributed by atoms with Crippen molar-refractivity contribution in [2.24, 2.45) is 35.5 Å². The van der Waals surface area contributed by atoms with Crippen molar-refractivity contribution in [1.29, 1.82) is 0 Å². The summed E-state index contributed by atoms with van der Waals surface area (Å²) < 4.78 is -1.76. The van der Waals surface area contributed by atoms with Gasteiger partial charge >= 0.3 is 11.9 Å². The van der Waals surface area contributed by atoms with Crippen LogP contribution in [0.4, 0.5) is 0 Å². The largest absolute Gasteiger partial charge is 0.481 e. The fraction of sp³-hybridized carbons (Fsp3) is 0.714. The lowest BCUT2D eigenvalue weighted by Crippen LogP contribution is -2.49. The van der Waals surface area contributed by atoms with Gasteiger partial charge in [-0.05, 0) is 30.1 Å². The van der Waals surface area contributed by atoms with Crippen LogP contribution in [0.1, 0.15) is 6.42 Å². The highest BCUT2D eigenvalue weighted by atomic mass is 35.5. The van der Waals surface area contributed by atoms with Gasteiger partial charge in [-0.2, -0.15) is 0 Å². The summed E-state index contributed by atoms with van der Waals surface area (Å²) in [4.78, 5) is 20.4. The van der Waals surface area contributed by atoms with Gasteiger partial charge in [0.15, 0.2) is 4.33 Å². The minimum absolute atomic E-state index is 0.0237. The highest BCUT2D eigenvalue weighted by molar-refractivity contribution is 6.65. The highest BCUT2D eigenvalue weighted by Crippen LogP contribution is 2.83. The van der Waals surface area contributed by atoms with Crippen LogP contribution in [0.15, 0.2) is 10.1 Å². The first-order valence-corrected chi connectivity index (χ1v) is 9.48. The zero-order valence-electron chi connectivity index (χ0n) is 11.6. The number of allylic oxidation sites excluding steroid dienone is 2. The van der Waals surface area contributed by atoms with Gasteiger partial charge in [0.05, 0.1) is 21.9 Å². The quantitative estimate of drug-likeness (QED) is 0.486. The molecule has 3 saturated carbocycles. The Morgan fingerprint density at radius 3 is 1.46 bits per heavy atom. The van der Waals surface area contributed by atoms with E-state index in [0.717, 1.165) is 0 Å². The van der Waals surface area contributed by atoms with E-state index in [1.807, 2.05) is 0 Å². The third-order valence-corrected chi connectivity index (χ3v) is 10.7. The fourth-order valence-corrected chi connectivity index (χ4v) is 8.88. The van der Waals surface area contributed by atoms with E-state index in [0.29, 0.717) is 6.42 Å². The Bertz CT molecular complexity index is 666. The molecule has 3 fully saturated rings. The van der Waals surface area contributed by atoms with Crippen molar-refractivity contribution in [3.05, 3.63) is 10.1 Å². The van der Waals surface area contributed by atoms with E-state index in [2.05, 4.69) is 0 Å². The maximum absolute atomic E-state index is 11.7. The van der Waals surface area contributed by atoms with Crippen LogP contribution in [0.2, 0.25) is 0 Å². The first-order valence-electron chi connectivity index (χ1n) is 7.21. The Hall–Kier alpha value is 0.420. The molecule has 0 amide bonds. The van der Waals surface area contributed by atoms with E-state index in [1.165, 1.54) is 0 Å². The number of carboxylic acid groups (broad SMARTS) is 2. The zero-order chi connectivity index (χ0) is 18.0. The second-order valence-corrected chi connectivity index (χ2v) is 10.2. The first kappa shape index (κ1) is 17.8. The average molecular weight is 455 g/mol. The number of alkyl halides is 4. The average Bonchev–Trinajstić information content (AvgIpc) is 3.11. The molecule has 4 rings (SSSR count). The summed E-state index contributed by atoms with van der Waals surface area (Å²) in [5, 5.41) is 19.2. The van der Waals surface area contributed by atoms with E-state index >= 15 is 0 Å². The van der Waals surface area contributed by atoms with Gasteiger partial charge in [-0.15, -0.1) is 23.2 Å².